The number of rotatable bonds is 5. The highest BCUT2D eigenvalue weighted by Crippen LogP contribution is 2.24. The molecule has 1 saturated heterocycles. The Labute approximate surface area is 196 Å². The summed E-state index contributed by atoms with van der Waals surface area (Å²) in [5.41, 5.74) is 2.95. The molecule has 6 nitrogen and oxygen atoms in total. The lowest BCUT2D eigenvalue weighted by Crippen LogP contribution is -2.30. The second-order valence-electron chi connectivity index (χ2n) is 8.59. The van der Waals surface area contributed by atoms with Gasteiger partial charge in [-0.25, -0.2) is 13.9 Å². The number of carbonyl (C=O) groups excluding carboxylic acids is 1. The van der Waals surface area contributed by atoms with Crippen molar-refractivity contribution in [1.82, 2.24) is 14.9 Å². The second-order valence-corrected chi connectivity index (χ2v) is 8.59. The zero-order chi connectivity index (χ0) is 23.7. The average molecular weight is 457 g/mol. The molecule has 1 aromatic heterocycles. The molecule has 3 aromatic carbocycles. The van der Waals surface area contributed by atoms with Gasteiger partial charge in [0.05, 0.1) is 16.6 Å². The maximum atomic E-state index is 13.9. The van der Waals surface area contributed by atoms with Gasteiger partial charge in [-0.15, -0.1) is 0 Å². The summed E-state index contributed by atoms with van der Waals surface area (Å²) in [7, 11) is 0. The van der Waals surface area contributed by atoms with E-state index in [2.05, 4.69) is 10.2 Å². The maximum absolute atomic E-state index is 13.9. The van der Waals surface area contributed by atoms with Crippen LogP contribution in [0, 0.1) is 12.7 Å². The van der Waals surface area contributed by atoms with Gasteiger partial charge in [-0.3, -0.25) is 9.59 Å². The first-order valence-corrected chi connectivity index (χ1v) is 11.4. The fourth-order valence-corrected chi connectivity index (χ4v) is 4.29. The highest BCUT2D eigenvalue weighted by atomic mass is 19.1. The van der Waals surface area contributed by atoms with E-state index in [9.17, 15) is 14.0 Å². The fraction of sp³-hybridized carbons (Fsp3) is 0.222. The molecule has 172 valence electrons. The molecule has 1 N–H and O–H groups in total. The van der Waals surface area contributed by atoms with Crippen molar-refractivity contribution < 1.29 is 9.18 Å². The van der Waals surface area contributed by atoms with Crippen molar-refractivity contribution in [2.75, 3.05) is 18.0 Å². The zero-order valence-corrected chi connectivity index (χ0v) is 18.9. The monoisotopic (exact) mass is 456 g/mol. The first kappa shape index (κ1) is 21.8. The molecule has 4 aromatic rings. The molecule has 34 heavy (non-hydrogen) atoms. The number of benzene rings is 3. The summed E-state index contributed by atoms with van der Waals surface area (Å²) < 4.78 is 15.5. The smallest absolute Gasteiger partial charge is 0.267 e. The van der Waals surface area contributed by atoms with Crippen molar-refractivity contribution in [2.45, 2.75) is 26.3 Å². The number of aryl methyl sites for hydroxylation is 1. The molecule has 0 spiro atoms. The summed E-state index contributed by atoms with van der Waals surface area (Å²) in [6, 6.07) is 19.0. The number of nitrogens with one attached hydrogen (secondary N) is 1. The van der Waals surface area contributed by atoms with E-state index in [0.717, 1.165) is 37.2 Å². The van der Waals surface area contributed by atoms with Crippen LogP contribution in [0.2, 0.25) is 0 Å². The third-order valence-electron chi connectivity index (χ3n) is 6.19. The molecule has 1 amide bonds. The number of carbonyl (C=O) groups is 1. The summed E-state index contributed by atoms with van der Waals surface area (Å²) in [6.07, 6.45) is 2.08. The predicted octanol–water partition coefficient (Wildman–Crippen LogP) is 4.36. The Hall–Kier alpha value is -4.00. The molecular weight excluding hydrogens is 431 g/mol. The Morgan fingerprint density at radius 3 is 2.50 bits per heavy atom. The van der Waals surface area contributed by atoms with Crippen LogP contribution >= 0.6 is 0 Å². The van der Waals surface area contributed by atoms with E-state index in [1.165, 1.54) is 6.07 Å². The first-order chi connectivity index (χ1) is 16.5. The molecule has 0 saturated carbocycles. The van der Waals surface area contributed by atoms with Gasteiger partial charge in [-0.05, 0) is 56.2 Å². The number of halogens is 1. The Kier molecular flexibility index (Phi) is 5.84. The van der Waals surface area contributed by atoms with Crippen molar-refractivity contribution in [3.8, 4) is 5.69 Å². The van der Waals surface area contributed by atoms with Crippen molar-refractivity contribution in [3.05, 3.63) is 99.6 Å². The summed E-state index contributed by atoms with van der Waals surface area (Å²) >= 11 is 0. The molecule has 7 heteroatoms. The van der Waals surface area contributed by atoms with E-state index < -0.39 is 0 Å². The van der Waals surface area contributed by atoms with Crippen LogP contribution in [0.25, 0.3) is 16.6 Å². The number of nitrogens with zero attached hydrogens (tertiary/aromatic N) is 3. The molecule has 1 aliphatic heterocycles. The third kappa shape index (κ3) is 4.17. The van der Waals surface area contributed by atoms with Gasteiger partial charge in [0.15, 0.2) is 0 Å². The number of hydrogen-bond donors (Lipinski definition) is 1. The van der Waals surface area contributed by atoms with E-state index in [4.69, 9.17) is 4.98 Å². The minimum atomic E-state index is -0.366. The standard InChI is InChI=1S/C27H25FN4O2/c1-18-8-11-21(12-9-18)32-26(34)22-13-10-19(16-24(22)30-27(32)31-14-4-5-15-31)25(33)29-17-20-6-2-3-7-23(20)28/h2-3,6-13,16H,4-5,14-15,17H2,1H3,(H,29,33). The van der Waals surface area contributed by atoms with E-state index in [1.54, 1.807) is 41.0 Å². The van der Waals surface area contributed by atoms with Crippen LogP contribution in [0.15, 0.2) is 71.5 Å². The Balaban J connectivity index is 1.54. The number of hydrogen-bond acceptors (Lipinski definition) is 4. The highest BCUT2D eigenvalue weighted by Gasteiger charge is 2.21. The summed E-state index contributed by atoms with van der Waals surface area (Å²) in [4.78, 5) is 33.3. The number of anilines is 1. The van der Waals surface area contributed by atoms with Gasteiger partial charge in [0.25, 0.3) is 11.5 Å². The number of aromatic nitrogens is 2. The van der Waals surface area contributed by atoms with Gasteiger partial charge >= 0.3 is 0 Å². The topological polar surface area (TPSA) is 67.2 Å². The van der Waals surface area contributed by atoms with Crippen molar-refractivity contribution in [1.29, 1.82) is 0 Å². The van der Waals surface area contributed by atoms with E-state index >= 15 is 0 Å². The quantitative estimate of drug-likeness (QED) is 0.485. The van der Waals surface area contributed by atoms with E-state index in [-0.39, 0.29) is 23.8 Å². The minimum absolute atomic E-state index is 0.0744. The molecule has 1 aliphatic rings. The van der Waals surface area contributed by atoms with Crippen LogP contribution < -0.4 is 15.8 Å². The van der Waals surface area contributed by atoms with Gasteiger partial charge in [-0.1, -0.05) is 35.9 Å². The summed E-state index contributed by atoms with van der Waals surface area (Å²) in [5, 5.41) is 3.19. The van der Waals surface area contributed by atoms with E-state index in [1.807, 2.05) is 31.2 Å². The Morgan fingerprint density at radius 1 is 1.03 bits per heavy atom. The van der Waals surface area contributed by atoms with Crippen LogP contribution in [0.1, 0.15) is 34.3 Å². The van der Waals surface area contributed by atoms with Crippen LogP contribution in [-0.4, -0.2) is 28.5 Å². The van der Waals surface area contributed by atoms with Gasteiger partial charge in [0, 0.05) is 30.8 Å². The van der Waals surface area contributed by atoms with Gasteiger partial charge in [0.1, 0.15) is 5.82 Å². The molecule has 0 atom stereocenters. The van der Waals surface area contributed by atoms with Crippen LogP contribution in [0.5, 0.6) is 0 Å². The van der Waals surface area contributed by atoms with Crippen LogP contribution in [0.4, 0.5) is 10.3 Å². The first-order valence-electron chi connectivity index (χ1n) is 11.4. The highest BCUT2D eigenvalue weighted by molar-refractivity contribution is 5.97. The van der Waals surface area contributed by atoms with Crippen molar-refractivity contribution in [2.24, 2.45) is 0 Å². The molecule has 0 aliphatic carbocycles. The normalized spacial score (nSPS) is 13.4. The maximum Gasteiger partial charge on any atom is 0.267 e. The van der Waals surface area contributed by atoms with Gasteiger partial charge in [0.2, 0.25) is 5.95 Å². The molecule has 0 bridgehead atoms. The van der Waals surface area contributed by atoms with Gasteiger partial charge in [-0.2, -0.15) is 0 Å². The lowest BCUT2D eigenvalue weighted by Gasteiger charge is -2.22. The number of amides is 1. The summed E-state index contributed by atoms with van der Waals surface area (Å²) in [6.45, 7) is 3.73. The molecule has 0 unspecified atom stereocenters. The molecule has 0 radical (unpaired) electrons. The van der Waals surface area contributed by atoms with Crippen LogP contribution in [-0.2, 0) is 6.54 Å². The third-order valence-corrected chi connectivity index (χ3v) is 6.19. The Morgan fingerprint density at radius 2 is 1.76 bits per heavy atom. The second kappa shape index (κ2) is 9.09. The lowest BCUT2D eigenvalue weighted by molar-refractivity contribution is 0.0950. The van der Waals surface area contributed by atoms with Crippen molar-refractivity contribution in [3.63, 3.8) is 0 Å². The minimum Gasteiger partial charge on any atom is -0.348 e. The molecule has 1 fully saturated rings. The SMILES string of the molecule is Cc1ccc(-n2c(N3CCCC3)nc3cc(C(=O)NCc4ccccc4F)ccc3c2=O)cc1. The van der Waals surface area contributed by atoms with E-state index in [0.29, 0.717) is 28.0 Å². The fourth-order valence-electron chi connectivity index (χ4n) is 4.29. The zero-order valence-electron chi connectivity index (χ0n) is 18.9. The predicted molar refractivity (Wildman–Crippen MR) is 131 cm³/mol. The average Bonchev–Trinajstić information content (AvgIpc) is 3.39. The molecule has 2 heterocycles. The Bertz CT molecular complexity index is 1420. The molecular formula is C27H25FN4O2. The molecule has 5 rings (SSSR count). The number of fused-ring (bicyclic) bond motifs is 1. The van der Waals surface area contributed by atoms with Crippen LogP contribution in [0.3, 0.4) is 0 Å². The summed E-state index contributed by atoms with van der Waals surface area (Å²) in [5.74, 6) is -0.130. The largest absolute Gasteiger partial charge is 0.348 e. The lowest BCUT2D eigenvalue weighted by atomic mass is 10.1. The van der Waals surface area contributed by atoms with Crippen molar-refractivity contribution >= 4 is 22.8 Å². The van der Waals surface area contributed by atoms with Gasteiger partial charge < -0.3 is 10.2 Å².